The lowest BCUT2D eigenvalue weighted by molar-refractivity contribution is 0.0375. The van der Waals surface area contributed by atoms with Gasteiger partial charge in [0.2, 0.25) is 0 Å². The first-order valence-corrected chi connectivity index (χ1v) is 10.6. The van der Waals surface area contributed by atoms with E-state index in [9.17, 15) is 14.0 Å². The number of carbonyl (C=O) groups excluding carboxylic acids is 2. The maximum absolute atomic E-state index is 13.6. The molecule has 150 valence electrons. The van der Waals surface area contributed by atoms with Gasteiger partial charge in [0.1, 0.15) is 5.82 Å². The van der Waals surface area contributed by atoms with Crippen molar-refractivity contribution in [3.63, 3.8) is 0 Å². The standard InChI is InChI=1S/C23H15BrClFN2O2/c24-16-5-10-19-20(13-16)23(15-3-6-17(25)7-4-15)27(11-12-28(23)22(19)30)21(29)14-1-8-18(26)9-2-14/h1-10,13H,11-12H2. The maximum atomic E-state index is 13.6. The molecule has 0 radical (unpaired) electrons. The van der Waals surface area contributed by atoms with Crippen LogP contribution in [0.5, 0.6) is 0 Å². The van der Waals surface area contributed by atoms with Crippen LogP contribution in [-0.2, 0) is 5.66 Å². The number of nitrogens with zero attached hydrogens (tertiary/aromatic N) is 2. The Labute approximate surface area is 186 Å². The van der Waals surface area contributed by atoms with Gasteiger partial charge in [0.05, 0.1) is 0 Å². The van der Waals surface area contributed by atoms with Crippen LogP contribution in [0, 0.1) is 5.82 Å². The van der Waals surface area contributed by atoms with Crippen LogP contribution < -0.4 is 0 Å². The third-order valence-corrected chi connectivity index (χ3v) is 6.49. The summed E-state index contributed by atoms with van der Waals surface area (Å²) in [7, 11) is 0. The van der Waals surface area contributed by atoms with Gasteiger partial charge in [-0.05, 0) is 54.6 Å². The average molecular weight is 486 g/mol. The molecule has 0 spiro atoms. The van der Waals surface area contributed by atoms with Gasteiger partial charge in [-0.25, -0.2) is 4.39 Å². The summed E-state index contributed by atoms with van der Waals surface area (Å²) in [6.07, 6.45) is 0. The fraction of sp³-hybridized carbons (Fsp3) is 0.130. The first-order valence-electron chi connectivity index (χ1n) is 9.38. The number of amides is 2. The molecule has 1 unspecified atom stereocenters. The molecule has 2 aliphatic heterocycles. The van der Waals surface area contributed by atoms with Gasteiger partial charge in [-0.2, -0.15) is 0 Å². The summed E-state index contributed by atoms with van der Waals surface area (Å²) in [5.74, 6) is -0.803. The van der Waals surface area contributed by atoms with E-state index in [1.807, 2.05) is 24.3 Å². The largest absolute Gasteiger partial charge is 0.306 e. The highest BCUT2D eigenvalue weighted by Gasteiger charge is 2.59. The smallest absolute Gasteiger partial charge is 0.256 e. The molecule has 5 rings (SSSR count). The van der Waals surface area contributed by atoms with Gasteiger partial charge in [-0.1, -0.05) is 39.7 Å². The topological polar surface area (TPSA) is 40.6 Å². The molecule has 0 aliphatic carbocycles. The second kappa shape index (κ2) is 6.93. The molecule has 0 saturated carbocycles. The lowest BCUT2D eigenvalue weighted by atomic mass is 9.89. The Morgan fingerprint density at radius 1 is 1.00 bits per heavy atom. The minimum Gasteiger partial charge on any atom is -0.306 e. The molecule has 0 N–H and O–H groups in total. The minimum absolute atomic E-state index is 0.123. The van der Waals surface area contributed by atoms with E-state index in [0.717, 1.165) is 15.6 Å². The van der Waals surface area contributed by atoms with E-state index in [2.05, 4.69) is 15.9 Å². The molecule has 2 heterocycles. The SMILES string of the molecule is O=C(c1ccc(F)cc1)N1CCN2C(=O)c3ccc(Br)cc3C12c1ccc(Cl)cc1. The Bertz CT molecular complexity index is 1180. The number of hydrogen-bond donors (Lipinski definition) is 0. The fourth-order valence-corrected chi connectivity index (χ4v) is 4.98. The first-order chi connectivity index (χ1) is 14.4. The Morgan fingerprint density at radius 3 is 2.40 bits per heavy atom. The monoisotopic (exact) mass is 484 g/mol. The van der Waals surface area contributed by atoms with Gasteiger partial charge in [0.25, 0.3) is 11.8 Å². The summed E-state index contributed by atoms with van der Waals surface area (Å²) in [6.45, 7) is 0.747. The van der Waals surface area contributed by atoms with E-state index in [4.69, 9.17) is 11.6 Å². The number of benzene rings is 3. The highest BCUT2D eigenvalue weighted by Crippen LogP contribution is 2.50. The summed E-state index contributed by atoms with van der Waals surface area (Å²) < 4.78 is 14.2. The third kappa shape index (κ3) is 2.63. The van der Waals surface area contributed by atoms with Gasteiger partial charge < -0.3 is 9.80 Å². The third-order valence-electron chi connectivity index (χ3n) is 5.74. The molecule has 3 aromatic carbocycles. The molecule has 1 saturated heterocycles. The average Bonchev–Trinajstić information content (AvgIpc) is 3.24. The van der Waals surface area contributed by atoms with Crippen LogP contribution in [0.25, 0.3) is 0 Å². The van der Waals surface area contributed by atoms with E-state index < -0.39 is 11.5 Å². The highest BCUT2D eigenvalue weighted by molar-refractivity contribution is 9.10. The predicted molar refractivity (Wildman–Crippen MR) is 115 cm³/mol. The molecule has 0 aromatic heterocycles. The van der Waals surface area contributed by atoms with Crippen molar-refractivity contribution in [3.8, 4) is 0 Å². The summed E-state index contributed by atoms with van der Waals surface area (Å²) in [4.78, 5) is 30.3. The van der Waals surface area contributed by atoms with Crippen LogP contribution in [0.15, 0.2) is 71.2 Å². The van der Waals surface area contributed by atoms with Crippen molar-refractivity contribution in [1.29, 1.82) is 0 Å². The number of rotatable bonds is 2. The normalized spacial score (nSPS) is 19.8. The van der Waals surface area contributed by atoms with Crippen LogP contribution in [0.2, 0.25) is 5.02 Å². The molecular formula is C23H15BrClFN2O2. The molecule has 4 nitrogen and oxygen atoms in total. The molecule has 3 aromatic rings. The number of carbonyl (C=O) groups is 2. The van der Waals surface area contributed by atoms with Gasteiger partial charge in [-0.3, -0.25) is 9.59 Å². The molecule has 2 aliphatic rings. The van der Waals surface area contributed by atoms with Gasteiger partial charge in [-0.15, -0.1) is 0 Å². The molecular weight excluding hydrogens is 471 g/mol. The van der Waals surface area contributed by atoms with Crippen molar-refractivity contribution in [2.75, 3.05) is 13.1 Å². The minimum atomic E-state index is -1.09. The maximum Gasteiger partial charge on any atom is 0.256 e. The van der Waals surface area contributed by atoms with Crippen LogP contribution in [-0.4, -0.2) is 34.7 Å². The van der Waals surface area contributed by atoms with E-state index in [1.54, 1.807) is 28.0 Å². The molecule has 2 amide bonds. The van der Waals surface area contributed by atoms with Crippen LogP contribution >= 0.6 is 27.5 Å². The van der Waals surface area contributed by atoms with Crippen LogP contribution in [0.3, 0.4) is 0 Å². The second-order valence-electron chi connectivity index (χ2n) is 7.29. The Kier molecular flexibility index (Phi) is 4.45. The second-order valence-corrected chi connectivity index (χ2v) is 8.64. The van der Waals surface area contributed by atoms with Gasteiger partial charge in [0.15, 0.2) is 5.66 Å². The summed E-state index contributed by atoms with van der Waals surface area (Å²) in [5.41, 5.74) is 1.33. The van der Waals surface area contributed by atoms with Crippen molar-refractivity contribution >= 4 is 39.3 Å². The Hall–Kier alpha value is -2.70. The van der Waals surface area contributed by atoms with E-state index in [1.165, 1.54) is 24.3 Å². The number of halogens is 3. The highest BCUT2D eigenvalue weighted by atomic mass is 79.9. The van der Waals surface area contributed by atoms with Crippen LogP contribution in [0.1, 0.15) is 31.8 Å². The fourth-order valence-electron chi connectivity index (χ4n) is 4.49. The van der Waals surface area contributed by atoms with E-state index >= 15 is 0 Å². The van der Waals surface area contributed by atoms with Gasteiger partial charge in [0, 0.05) is 44.8 Å². The number of fused-ring (bicyclic) bond motifs is 3. The van der Waals surface area contributed by atoms with Crippen molar-refractivity contribution in [2.24, 2.45) is 0 Å². The molecule has 1 fully saturated rings. The first kappa shape index (κ1) is 19.3. The molecule has 1 atom stereocenters. The van der Waals surface area contributed by atoms with Crippen molar-refractivity contribution in [1.82, 2.24) is 9.80 Å². The van der Waals surface area contributed by atoms with Crippen molar-refractivity contribution in [3.05, 3.63) is 104 Å². The van der Waals surface area contributed by atoms with Crippen LogP contribution in [0.4, 0.5) is 4.39 Å². The molecule has 7 heteroatoms. The Morgan fingerprint density at radius 2 is 1.70 bits per heavy atom. The summed E-state index contributed by atoms with van der Waals surface area (Å²) in [6, 6.07) is 18.1. The quantitative estimate of drug-likeness (QED) is 0.509. The summed E-state index contributed by atoms with van der Waals surface area (Å²) in [5, 5.41) is 0.565. The zero-order chi connectivity index (χ0) is 21.0. The zero-order valence-electron chi connectivity index (χ0n) is 15.6. The van der Waals surface area contributed by atoms with Crippen molar-refractivity contribution in [2.45, 2.75) is 5.66 Å². The van der Waals surface area contributed by atoms with Crippen molar-refractivity contribution < 1.29 is 14.0 Å². The lowest BCUT2D eigenvalue weighted by Gasteiger charge is -2.40. The summed E-state index contributed by atoms with van der Waals surface area (Å²) >= 11 is 9.62. The number of hydrogen-bond acceptors (Lipinski definition) is 2. The zero-order valence-corrected chi connectivity index (χ0v) is 18.0. The van der Waals surface area contributed by atoms with Gasteiger partial charge >= 0.3 is 0 Å². The van der Waals surface area contributed by atoms with E-state index in [-0.39, 0.29) is 11.8 Å². The Balaban J connectivity index is 1.76. The lowest BCUT2D eigenvalue weighted by Crippen LogP contribution is -2.51. The predicted octanol–water partition coefficient (Wildman–Crippen LogP) is 5.05. The van der Waals surface area contributed by atoms with E-state index in [0.29, 0.717) is 29.2 Å². The molecule has 0 bridgehead atoms. The molecule has 30 heavy (non-hydrogen) atoms.